The van der Waals surface area contributed by atoms with Crippen LogP contribution in [0.3, 0.4) is 0 Å². The first-order valence-electron chi connectivity index (χ1n) is 6.69. The van der Waals surface area contributed by atoms with Crippen LogP contribution in [0.5, 0.6) is 0 Å². The highest BCUT2D eigenvalue weighted by atomic mass is 32.2. The van der Waals surface area contributed by atoms with E-state index in [2.05, 4.69) is 37.2 Å². The molecule has 19 heavy (non-hydrogen) atoms. The molecule has 3 nitrogen and oxygen atoms in total. The topological polar surface area (TPSA) is 41.3 Å². The van der Waals surface area contributed by atoms with Crippen molar-refractivity contribution >= 4 is 35.0 Å². The third kappa shape index (κ3) is 2.59. The van der Waals surface area contributed by atoms with Crippen molar-refractivity contribution in [2.75, 3.05) is 19.3 Å². The summed E-state index contributed by atoms with van der Waals surface area (Å²) in [5.41, 5.74) is 1.47. The Morgan fingerprint density at radius 2 is 2.32 bits per heavy atom. The number of nitrogens with zero attached hydrogens (tertiary/aromatic N) is 1. The van der Waals surface area contributed by atoms with Gasteiger partial charge in [-0.25, -0.2) is 0 Å². The maximum atomic E-state index is 5.72. The van der Waals surface area contributed by atoms with Gasteiger partial charge in [0.05, 0.1) is 14.5 Å². The summed E-state index contributed by atoms with van der Waals surface area (Å²) < 4.78 is 2.69. The second kappa shape index (κ2) is 5.58. The zero-order chi connectivity index (χ0) is 13.6. The Hall–Kier alpha value is 0.280. The second-order valence-electron chi connectivity index (χ2n) is 5.74. The van der Waals surface area contributed by atoms with Gasteiger partial charge in [-0.05, 0) is 36.5 Å². The Morgan fingerprint density at radius 3 is 3.00 bits per heavy atom. The minimum atomic E-state index is 0.472. The van der Waals surface area contributed by atoms with Gasteiger partial charge in [0.1, 0.15) is 0 Å². The van der Waals surface area contributed by atoms with E-state index in [4.69, 9.17) is 5.14 Å². The van der Waals surface area contributed by atoms with E-state index in [1.165, 1.54) is 31.7 Å². The highest BCUT2D eigenvalue weighted by Gasteiger charge is 2.40. The molecule has 0 amide bonds. The molecule has 1 saturated heterocycles. The highest BCUT2D eigenvalue weighted by Crippen LogP contribution is 2.46. The fourth-order valence-corrected chi connectivity index (χ4v) is 6.23. The number of nitrogens with one attached hydrogen (secondary N) is 1. The molecule has 0 aromatic carbocycles. The molecule has 3 unspecified atom stereocenters. The lowest BCUT2D eigenvalue weighted by molar-refractivity contribution is 0.109. The van der Waals surface area contributed by atoms with Crippen molar-refractivity contribution in [1.82, 2.24) is 10.2 Å². The number of thioether (sulfide) groups is 1. The molecule has 1 aromatic rings. The first kappa shape index (κ1) is 14.2. The molecule has 106 valence electrons. The summed E-state index contributed by atoms with van der Waals surface area (Å²) >= 11 is 5.21. The maximum absolute atomic E-state index is 5.72. The molecule has 0 spiro atoms. The van der Waals surface area contributed by atoms with Gasteiger partial charge >= 0.3 is 0 Å². The van der Waals surface area contributed by atoms with Gasteiger partial charge in [-0.1, -0.05) is 13.8 Å². The molecule has 3 heterocycles. The van der Waals surface area contributed by atoms with Crippen molar-refractivity contribution in [3.05, 3.63) is 11.6 Å². The lowest BCUT2D eigenvalue weighted by Crippen LogP contribution is -2.59. The van der Waals surface area contributed by atoms with Gasteiger partial charge in [0, 0.05) is 24.4 Å². The van der Waals surface area contributed by atoms with Gasteiger partial charge < -0.3 is 5.32 Å². The van der Waals surface area contributed by atoms with E-state index in [1.54, 1.807) is 0 Å². The molecule has 6 heteroatoms. The number of hydrogen-bond acceptors (Lipinski definition) is 6. The quantitative estimate of drug-likeness (QED) is 0.822. The monoisotopic (exact) mass is 315 g/mol. The maximum Gasteiger partial charge on any atom is 0.0764 e. The summed E-state index contributed by atoms with van der Waals surface area (Å²) in [6.45, 7) is 5.76. The molecule has 1 fully saturated rings. The Morgan fingerprint density at radius 1 is 1.53 bits per heavy atom. The SMILES string of the molecule is CC(C)C1CN(C)C2CSc3sc(SN)cc3C2N1. The predicted molar refractivity (Wildman–Crippen MR) is 86.0 cm³/mol. The molecular formula is C13H21N3S3. The molecule has 2 aliphatic rings. The van der Waals surface area contributed by atoms with Gasteiger partial charge in [-0.3, -0.25) is 10.0 Å². The summed E-state index contributed by atoms with van der Waals surface area (Å²) in [5.74, 6) is 1.85. The molecule has 0 radical (unpaired) electrons. The van der Waals surface area contributed by atoms with Crippen LogP contribution >= 0.6 is 35.0 Å². The summed E-state index contributed by atoms with van der Waals surface area (Å²) in [6.07, 6.45) is 0. The summed E-state index contributed by atoms with van der Waals surface area (Å²) in [4.78, 5) is 2.54. The zero-order valence-electron chi connectivity index (χ0n) is 11.6. The van der Waals surface area contributed by atoms with Crippen molar-refractivity contribution < 1.29 is 0 Å². The van der Waals surface area contributed by atoms with Gasteiger partial charge in [-0.2, -0.15) is 0 Å². The van der Waals surface area contributed by atoms with Gasteiger partial charge in [0.25, 0.3) is 0 Å². The third-order valence-electron chi connectivity index (χ3n) is 4.17. The number of likely N-dealkylation sites (N-methyl/N-ethyl adjacent to an activating group) is 1. The van der Waals surface area contributed by atoms with Crippen molar-refractivity contribution in [3.8, 4) is 0 Å². The first-order valence-corrected chi connectivity index (χ1v) is 9.38. The average molecular weight is 316 g/mol. The minimum Gasteiger partial charge on any atom is -0.304 e. The molecule has 1 aromatic heterocycles. The van der Waals surface area contributed by atoms with Crippen LogP contribution < -0.4 is 10.5 Å². The first-order chi connectivity index (χ1) is 9.10. The molecule has 0 bridgehead atoms. The van der Waals surface area contributed by atoms with E-state index in [0.717, 1.165) is 6.54 Å². The fraction of sp³-hybridized carbons (Fsp3) is 0.692. The van der Waals surface area contributed by atoms with Crippen LogP contribution in [0.25, 0.3) is 0 Å². The number of rotatable bonds is 2. The number of nitrogens with two attached hydrogens (primary N) is 1. The van der Waals surface area contributed by atoms with E-state index >= 15 is 0 Å². The molecule has 0 aliphatic carbocycles. The molecule has 3 N–H and O–H groups in total. The Labute approximate surface area is 127 Å². The smallest absolute Gasteiger partial charge is 0.0764 e. The molecule has 0 saturated carbocycles. The Bertz CT molecular complexity index is 460. The van der Waals surface area contributed by atoms with Crippen molar-refractivity contribution in [2.24, 2.45) is 11.1 Å². The highest BCUT2D eigenvalue weighted by molar-refractivity contribution is 8.02. The van der Waals surface area contributed by atoms with Gasteiger partial charge in [0.2, 0.25) is 0 Å². The molecular weight excluding hydrogens is 294 g/mol. The summed E-state index contributed by atoms with van der Waals surface area (Å²) in [7, 11) is 2.27. The van der Waals surface area contributed by atoms with E-state index in [1.807, 2.05) is 23.1 Å². The van der Waals surface area contributed by atoms with Crippen LogP contribution in [0.4, 0.5) is 0 Å². The molecule has 2 aliphatic heterocycles. The van der Waals surface area contributed by atoms with E-state index in [-0.39, 0.29) is 0 Å². The third-order valence-corrected chi connectivity index (χ3v) is 7.41. The van der Waals surface area contributed by atoms with Crippen LogP contribution in [0.2, 0.25) is 0 Å². The Kier molecular flexibility index (Phi) is 4.18. The minimum absolute atomic E-state index is 0.472. The summed E-state index contributed by atoms with van der Waals surface area (Å²) in [6, 6.07) is 3.95. The summed E-state index contributed by atoms with van der Waals surface area (Å²) in [5, 5.41) is 9.60. The van der Waals surface area contributed by atoms with E-state index < -0.39 is 0 Å². The number of thiophene rings is 1. The van der Waals surface area contributed by atoms with E-state index in [9.17, 15) is 0 Å². The Balaban J connectivity index is 1.91. The normalized spacial score (nSPS) is 31.3. The standard InChI is InChI=1S/C13H21N3S3/c1-7(2)9-5-16(3)10-6-17-13-8(12(10)15-9)4-11(18-13)19-14/h4,7,9-10,12,15H,5-6,14H2,1-3H3. The van der Waals surface area contributed by atoms with Crippen LogP contribution in [-0.2, 0) is 0 Å². The van der Waals surface area contributed by atoms with E-state index in [0.29, 0.717) is 24.0 Å². The van der Waals surface area contributed by atoms with Crippen molar-refractivity contribution in [3.63, 3.8) is 0 Å². The fourth-order valence-electron chi connectivity index (χ4n) is 2.93. The predicted octanol–water partition coefficient (Wildman–Crippen LogP) is 2.79. The molecule has 3 atom stereocenters. The van der Waals surface area contributed by atoms with Crippen LogP contribution in [0.15, 0.2) is 14.5 Å². The van der Waals surface area contributed by atoms with Crippen LogP contribution in [0, 0.1) is 5.92 Å². The van der Waals surface area contributed by atoms with Gasteiger partial charge in [-0.15, -0.1) is 23.1 Å². The van der Waals surface area contributed by atoms with Crippen LogP contribution in [0.1, 0.15) is 25.5 Å². The van der Waals surface area contributed by atoms with Gasteiger partial charge in [0.15, 0.2) is 0 Å². The molecule has 3 rings (SSSR count). The second-order valence-corrected chi connectivity index (χ2v) is 9.01. The number of hydrogen-bond donors (Lipinski definition) is 2. The lowest BCUT2D eigenvalue weighted by atomic mass is 9.92. The number of piperazine rings is 1. The van der Waals surface area contributed by atoms with Crippen molar-refractivity contribution in [2.45, 2.75) is 40.4 Å². The van der Waals surface area contributed by atoms with Crippen molar-refractivity contribution in [1.29, 1.82) is 0 Å². The largest absolute Gasteiger partial charge is 0.304 e. The number of fused-ring (bicyclic) bond motifs is 3. The van der Waals surface area contributed by atoms with Crippen LogP contribution in [-0.4, -0.2) is 36.3 Å². The average Bonchev–Trinajstić information content (AvgIpc) is 2.81. The zero-order valence-corrected chi connectivity index (χ0v) is 14.0. The lowest BCUT2D eigenvalue weighted by Gasteiger charge is -2.47.